The summed E-state index contributed by atoms with van der Waals surface area (Å²) in [5.41, 5.74) is 1.28. The largest absolute Gasteiger partial charge is 0.493 e. The van der Waals surface area contributed by atoms with Crippen molar-refractivity contribution in [3.8, 4) is 11.5 Å². The number of hydrogen-bond acceptors (Lipinski definition) is 4. The predicted octanol–water partition coefficient (Wildman–Crippen LogP) is 3.41. The smallest absolute Gasteiger partial charge is 0.160 e. The van der Waals surface area contributed by atoms with Gasteiger partial charge < -0.3 is 19.7 Å². The Kier molecular flexibility index (Phi) is 10.7. The first-order valence-corrected chi connectivity index (χ1v) is 8.19. The third-order valence-electron chi connectivity index (χ3n) is 4.88. The SMILES string of the molecule is COc1ccc(CCNC2CC(C)N(C)CC2C)cc1OC.Cl.Cl. The van der Waals surface area contributed by atoms with Gasteiger partial charge in [-0.15, -0.1) is 24.8 Å². The van der Waals surface area contributed by atoms with Crippen LogP contribution < -0.4 is 14.8 Å². The van der Waals surface area contributed by atoms with Gasteiger partial charge in [0.2, 0.25) is 0 Å². The zero-order valence-electron chi connectivity index (χ0n) is 15.4. The van der Waals surface area contributed by atoms with E-state index in [9.17, 15) is 0 Å². The molecule has 4 nitrogen and oxygen atoms in total. The zero-order valence-corrected chi connectivity index (χ0v) is 17.0. The van der Waals surface area contributed by atoms with Crippen LogP contribution >= 0.6 is 24.8 Å². The second-order valence-electron chi connectivity index (χ2n) is 6.50. The molecule has 3 atom stereocenters. The molecule has 140 valence electrons. The monoisotopic (exact) mass is 378 g/mol. The van der Waals surface area contributed by atoms with Gasteiger partial charge in [-0.05, 0) is 57.0 Å². The molecule has 0 bridgehead atoms. The number of ether oxygens (including phenoxy) is 2. The first-order chi connectivity index (χ1) is 10.5. The quantitative estimate of drug-likeness (QED) is 0.822. The van der Waals surface area contributed by atoms with Crippen LogP contribution in [0.25, 0.3) is 0 Å². The summed E-state index contributed by atoms with van der Waals surface area (Å²) >= 11 is 0. The molecule has 0 saturated carbocycles. The highest BCUT2D eigenvalue weighted by molar-refractivity contribution is 5.85. The number of nitrogens with one attached hydrogen (secondary N) is 1. The summed E-state index contributed by atoms with van der Waals surface area (Å²) in [4.78, 5) is 2.46. The zero-order chi connectivity index (χ0) is 16.1. The number of rotatable bonds is 6. The number of hydrogen-bond donors (Lipinski definition) is 1. The number of halogens is 2. The van der Waals surface area contributed by atoms with E-state index in [1.165, 1.54) is 18.5 Å². The summed E-state index contributed by atoms with van der Waals surface area (Å²) in [6.07, 6.45) is 2.23. The van der Waals surface area contributed by atoms with Gasteiger partial charge in [0.15, 0.2) is 11.5 Å². The van der Waals surface area contributed by atoms with Crippen LogP contribution in [0.2, 0.25) is 0 Å². The summed E-state index contributed by atoms with van der Waals surface area (Å²) in [6.45, 7) is 6.83. The Morgan fingerprint density at radius 1 is 1.12 bits per heavy atom. The Labute approximate surface area is 159 Å². The van der Waals surface area contributed by atoms with E-state index in [0.29, 0.717) is 18.0 Å². The Hall–Kier alpha value is -0.680. The van der Waals surface area contributed by atoms with E-state index in [2.05, 4.69) is 43.2 Å². The number of piperidine rings is 1. The maximum atomic E-state index is 5.37. The number of benzene rings is 1. The molecule has 1 aliphatic rings. The van der Waals surface area contributed by atoms with Gasteiger partial charge in [0.05, 0.1) is 14.2 Å². The molecule has 6 heteroatoms. The molecule has 2 rings (SSSR count). The third-order valence-corrected chi connectivity index (χ3v) is 4.88. The van der Waals surface area contributed by atoms with Gasteiger partial charge in [0, 0.05) is 18.6 Å². The molecule has 24 heavy (non-hydrogen) atoms. The van der Waals surface area contributed by atoms with Gasteiger partial charge in [-0.3, -0.25) is 0 Å². The summed E-state index contributed by atoms with van der Waals surface area (Å²) in [7, 11) is 5.57. The normalized spacial score (nSPS) is 23.8. The fraction of sp³-hybridized carbons (Fsp3) is 0.667. The third kappa shape index (κ3) is 5.99. The highest BCUT2D eigenvalue weighted by Gasteiger charge is 2.28. The maximum absolute atomic E-state index is 5.37. The topological polar surface area (TPSA) is 33.7 Å². The predicted molar refractivity (Wildman–Crippen MR) is 105 cm³/mol. The molecule has 0 amide bonds. The van der Waals surface area contributed by atoms with E-state index in [1.807, 2.05) is 6.07 Å². The molecule has 1 N–H and O–H groups in total. The molecule has 1 aliphatic heterocycles. The lowest BCUT2D eigenvalue weighted by Gasteiger charge is -2.40. The fourth-order valence-corrected chi connectivity index (χ4v) is 3.26. The van der Waals surface area contributed by atoms with Gasteiger partial charge in [0.1, 0.15) is 0 Å². The van der Waals surface area contributed by atoms with Crippen molar-refractivity contribution in [2.24, 2.45) is 5.92 Å². The molecule has 1 aromatic carbocycles. The lowest BCUT2D eigenvalue weighted by molar-refractivity contribution is 0.122. The molecule has 0 aliphatic carbocycles. The average Bonchev–Trinajstić information content (AvgIpc) is 2.52. The van der Waals surface area contributed by atoms with Gasteiger partial charge in [-0.2, -0.15) is 0 Å². The average molecular weight is 379 g/mol. The Morgan fingerprint density at radius 2 is 1.79 bits per heavy atom. The van der Waals surface area contributed by atoms with E-state index in [-0.39, 0.29) is 24.8 Å². The lowest BCUT2D eigenvalue weighted by Crippen LogP contribution is -2.51. The van der Waals surface area contributed by atoms with Crippen LogP contribution in [0.4, 0.5) is 0 Å². The Bertz CT molecular complexity index is 488. The highest BCUT2D eigenvalue weighted by Crippen LogP contribution is 2.27. The molecule has 1 saturated heterocycles. The molecule has 1 fully saturated rings. The van der Waals surface area contributed by atoms with Crippen molar-refractivity contribution in [2.75, 3.05) is 34.4 Å². The van der Waals surface area contributed by atoms with Gasteiger partial charge >= 0.3 is 0 Å². The summed E-state index contributed by atoms with van der Waals surface area (Å²) in [5, 5.41) is 3.74. The lowest BCUT2D eigenvalue weighted by atomic mass is 9.90. The molecule has 0 spiro atoms. The molecule has 1 heterocycles. The first-order valence-electron chi connectivity index (χ1n) is 8.19. The molecule has 3 unspecified atom stereocenters. The van der Waals surface area contributed by atoms with Gasteiger partial charge in [-0.25, -0.2) is 0 Å². The molecule has 1 aromatic rings. The van der Waals surface area contributed by atoms with Gasteiger partial charge in [-0.1, -0.05) is 13.0 Å². The Morgan fingerprint density at radius 3 is 2.42 bits per heavy atom. The van der Waals surface area contributed by atoms with Crippen LogP contribution in [0.15, 0.2) is 18.2 Å². The van der Waals surface area contributed by atoms with Crippen molar-refractivity contribution in [1.29, 1.82) is 0 Å². The van der Waals surface area contributed by atoms with Crippen molar-refractivity contribution in [2.45, 2.75) is 38.8 Å². The summed E-state index contributed by atoms with van der Waals surface area (Å²) in [6, 6.07) is 7.44. The number of likely N-dealkylation sites (tertiary alicyclic amines) is 1. The fourth-order valence-electron chi connectivity index (χ4n) is 3.26. The van der Waals surface area contributed by atoms with Crippen LogP contribution in [0, 0.1) is 5.92 Å². The number of nitrogens with zero attached hydrogens (tertiary/aromatic N) is 1. The summed E-state index contributed by atoms with van der Waals surface area (Å²) in [5.74, 6) is 2.30. The second-order valence-corrected chi connectivity index (χ2v) is 6.50. The van der Waals surface area contributed by atoms with Crippen LogP contribution in [0.5, 0.6) is 11.5 Å². The molecule has 0 aromatic heterocycles. The Balaban J connectivity index is 0.00000264. The minimum absolute atomic E-state index is 0. The second kappa shape index (κ2) is 11.0. The van der Waals surface area contributed by atoms with Crippen molar-refractivity contribution in [3.63, 3.8) is 0 Å². The van der Waals surface area contributed by atoms with Crippen LogP contribution in [-0.2, 0) is 6.42 Å². The van der Waals surface area contributed by atoms with E-state index in [1.54, 1.807) is 14.2 Å². The van der Waals surface area contributed by atoms with E-state index in [0.717, 1.165) is 24.5 Å². The first kappa shape index (κ1) is 23.3. The molecular weight excluding hydrogens is 347 g/mol. The molecule has 0 radical (unpaired) electrons. The van der Waals surface area contributed by atoms with Crippen LogP contribution in [0.3, 0.4) is 0 Å². The van der Waals surface area contributed by atoms with E-state index in [4.69, 9.17) is 9.47 Å². The molecular formula is C18H32Cl2N2O2. The minimum Gasteiger partial charge on any atom is -0.493 e. The van der Waals surface area contributed by atoms with Crippen molar-refractivity contribution >= 4 is 24.8 Å². The van der Waals surface area contributed by atoms with Crippen molar-refractivity contribution in [1.82, 2.24) is 10.2 Å². The van der Waals surface area contributed by atoms with Gasteiger partial charge in [0.25, 0.3) is 0 Å². The highest BCUT2D eigenvalue weighted by atomic mass is 35.5. The van der Waals surface area contributed by atoms with Crippen LogP contribution in [0.1, 0.15) is 25.8 Å². The summed E-state index contributed by atoms with van der Waals surface area (Å²) < 4.78 is 10.6. The van der Waals surface area contributed by atoms with E-state index < -0.39 is 0 Å². The van der Waals surface area contributed by atoms with Crippen molar-refractivity contribution in [3.05, 3.63) is 23.8 Å². The van der Waals surface area contributed by atoms with Crippen molar-refractivity contribution < 1.29 is 9.47 Å². The van der Waals surface area contributed by atoms with Crippen LogP contribution in [-0.4, -0.2) is 51.3 Å². The van der Waals surface area contributed by atoms with E-state index >= 15 is 0 Å². The minimum atomic E-state index is 0. The number of methoxy groups -OCH3 is 2. The maximum Gasteiger partial charge on any atom is 0.160 e. The standard InChI is InChI=1S/C18H30N2O2.2ClH/c1-13-12-20(3)14(2)10-16(13)19-9-8-15-6-7-17(21-4)18(11-15)22-5;;/h6-7,11,13-14,16,19H,8-10,12H2,1-5H3;2*1H.